The molecule has 0 atom stereocenters. The van der Waals surface area contributed by atoms with Gasteiger partial charge in [-0.3, -0.25) is 0 Å². The van der Waals surface area contributed by atoms with E-state index >= 15 is 0 Å². The van der Waals surface area contributed by atoms with Crippen LogP contribution in [0.2, 0.25) is 0 Å². The standard InChI is InChI=1S/C14H13O2/c1-16-14-9-11(10-15)7-8-13(14)12-5-3-2-4-6-12/h2-9H,10H2,1H3. The molecule has 81 valence electrons. The molecule has 2 aromatic carbocycles. The van der Waals surface area contributed by atoms with Gasteiger partial charge in [0.15, 0.2) is 0 Å². The second kappa shape index (κ2) is 4.81. The van der Waals surface area contributed by atoms with Crippen LogP contribution in [0.15, 0.2) is 48.5 Å². The van der Waals surface area contributed by atoms with Gasteiger partial charge in [0.2, 0.25) is 0 Å². The van der Waals surface area contributed by atoms with Gasteiger partial charge in [-0.2, -0.15) is 0 Å². The Hall–Kier alpha value is -1.80. The molecule has 0 unspecified atom stereocenters. The molecule has 0 heterocycles. The van der Waals surface area contributed by atoms with Gasteiger partial charge in [-0.05, 0) is 17.2 Å². The summed E-state index contributed by atoms with van der Waals surface area (Å²) in [7, 11) is 1.62. The van der Waals surface area contributed by atoms with Crippen molar-refractivity contribution in [1.82, 2.24) is 0 Å². The molecule has 16 heavy (non-hydrogen) atoms. The van der Waals surface area contributed by atoms with Crippen molar-refractivity contribution in [3.8, 4) is 16.9 Å². The minimum atomic E-state index is -0.217. The first-order valence-electron chi connectivity index (χ1n) is 5.15. The topological polar surface area (TPSA) is 29.1 Å². The summed E-state index contributed by atoms with van der Waals surface area (Å²) in [5.74, 6) is 0.750. The van der Waals surface area contributed by atoms with Crippen molar-refractivity contribution < 1.29 is 9.84 Å². The number of rotatable bonds is 3. The molecule has 2 heteroatoms. The summed E-state index contributed by atoms with van der Waals surface area (Å²) in [6, 6.07) is 15.6. The summed E-state index contributed by atoms with van der Waals surface area (Å²) in [5.41, 5.74) is 2.86. The summed E-state index contributed by atoms with van der Waals surface area (Å²) in [6.07, 6.45) is 0. The van der Waals surface area contributed by atoms with E-state index in [0.717, 1.165) is 22.4 Å². The van der Waals surface area contributed by atoms with Crippen LogP contribution in [-0.2, 0) is 11.7 Å². The number of ether oxygens (including phenoxy) is 1. The zero-order chi connectivity index (χ0) is 11.4. The van der Waals surface area contributed by atoms with E-state index in [4.69, 9.17) is 4.74 Å². The third-order valence-corrected chi connectivity index (χ3v) is 2.52. The summed E-state index contributed by atoms with van der Waals surface area (Å²) in [6.45, 7) is -0.217. The Morgan fingerprint density at radius 3 is 2.44 bits per heavy atom. The van der Waals surface area contributed by atoms with E-state index in [2.05, 4.69) is 0 Å². The minimum Gasteiger partial charge on any atom is -0.496 e. The molecule has 2 nitrogen and oxygen atoms in total. The van der Waals surface area contributed by atoms with Crippen molar-refractivity contribution in [2.75, 3.05) is 7.11 Å². The summed E-state index contributed by atoms with van der Waals surface area (Å²) >= 11 is 0. The van der Waals surface area contributed by atoms with E-state index < -0.39 is 0 Å². The molecule has 0 saturated carbocycles. The van der Waals surface area contributed by atoms with Crippen LogP contribution in [0, 0.1) is 0 Å². The van der Waals surface area contributed by atoms with E-state index in [-0.39, 0.29) is 6.61 Å². The Kier molecular flexibility index (Phi) is 3.22. The molecule has 0 spiro atoms. The van der Waals surface area contributed by atoms with Crippen LogP contribution in [0.1, 0.15) is 5.56 Å². The van der Waals surface area contributed by atoms with Crippen LogP contribution >= 0.6 is 0 Å². The van der Waals surface area contributed by atoms with Crippen molar-refractivity contribution in [1.29, 1.82) is 0 Å². The fraction of sp³-hybridized carbons (Fsp3) is 0.143. The number of methoxy groups -OCH3 is 1. The average molecular weight is 213 g/mol. The Morgan fingerprint density at radius 2 is 1.81 bits per heavy atom. The van der Waals surface area contributed by atoms with Gasteiger partial charge in [0.1, 0.15) is 12.4 Å². The van der Waals surface area contributed by atoms with Crippen molar-refractivity contribution in [3.63, 3.8) is 0 Å². The first-order valence-corrected chi connectivity index (χ1v) is 5.15. The highest BCUT2D eigenvalue weighted by Crippen LogP contribution is 2.30. The van der Waals surface area contributed by atoms with E-state index in [0.29, 0.717) is 0 Å². The van der Waals surface area contributed by atoms with Crippen LogP contribution in [0.4, 0.5) is 0 Å². The first kappa shape index (κ1) is 10.7. The van der Waals surface area contributed by atoms with Crippen LogP contribution < -0.4 is 4.74 Å². The summed E-state index contributed by atoms with van der Waals surface area (Å²) in [4.78, 5) is 0. The summed E-state index contributed by atoms with van der Waals surface area (Å²) in [5, 5.41) is 10.8. The molecular formula is C14H13O2. The maximum Gasteiger partial charge on any atom is 0.127 e. The second-order valence-corrected chi connectivity index (χ2v) is 3.54. The van der Waals surface area contributed by atoms with Crippen molar-refractivity contribution >= 4 is 0 Å². The third-order valence-electron chi connectivity index (χ3n) is 2.52. The number of benzene rings is 2. The largest absolute Gasteiger partial charge is 0.496 e. The molecule has 0 bridgehead atoms. The predicted molar refractivity (Wildman–Crippen MR) is 62.8 cm³/mol. The Labute approximate surface area is 95.1 Å². The van der Waals surface area contributed by atoms with Gasteiger partial charge < -0.3 is 4.74 Å². The lowest BCUT2D eigenvalue weighted by atomic mass is 10.0. The van der Waals surface area contributed by atoms with E-state index in [1.807, 2.05) is 42.5 Å². The van der Waals surface area contributed by atoms with Crippen molar-refractivity contribution in [2.45, 2.75) is 6.61 Å². The average Bonchev–Trinajstić information content (AvgIpc) is 2.39. The molecule has 0 aliphatic heterocycles. The Balaban J connectivity index is 2.49. The highest BCUT2D eigenvalue weighted by atomic mass is 16.5. The van der Waals surface area contributed by atoms with Gasteiger partial charge in [0, 0.05) is 5.56 Å². The maximum absolute atomic E-state index is 10.8. The van der Waals surface area contributed by atoms with Gasteiger partial charge in [0.25, 0.3) is 0 Å². The molecule has 1 radical (unpaired) electrons. The van der Waals surface area contributed by atoms with Crippen LogP contribution in [0.25, 0.3) is 11.1 Å². The summed E-state index contributed by atoms with van der Waals surface area (Å²) < 4.78 is 5.30. The zero-order valence-corrected chi connectivity index (χ0v) is 9.14. The minimum absolute atomic E-state index is 0.217. The van der Waals surface area contributed by atoms with Crippen LogP contribution in [0.3, 0.4) is 0 Å². The molecule has 0 saturated heterocycles. The van der Waals surface area contributed by atoms with Gasteiger partial charge in [-0.25, -0.2) is 5.11 Å². The Bertz CT molecular complexity index is 463. The first-order chi connectivity index (χ1) is 7.85. The van der Waals surface area contributed by atoms with Crippen molar-refractivity contribution in [3.05, 3.63) is 54.1 Å². The molecule has 0 fully saturated rings. The highest BCUT2D eigenvalue weighted by Gasteiger charge is 2.06. The second-order valence-electron chi connectivity index (χ2n) is 3.54. The van der Waals surface area contributed by atoms with Gasteiger partial charge in [0.05, 0.1) is 7.11 Å². The normalized spacial score (nSPS) is 10.1. The molecule has 2 aromatic rings. The fourth-order valence-corrected chi connectivity index (χ4v) is 1.68. The van der Waals surface area contributed by atoms with Gasteiger partial charge in [-0.1, -0.05) is 42.5 Å². The molecule has 0 aromatic heterocycles. The maximum atomic E-state index is 10.8. The molecule has 0 aliphatic carbocycles. The SMILES string of the molecule is COc1cc(C[O])ccc1-c1ccccc1. The molecule has 0 N–H and O–H groups in total. The van der Waals surface area contributed by atoms with Crippen LogP contribution in [-0.4, -0.2) is 7.11 Å². The lowest BCUT2D eigenvalue weighted by Crippen LogP contribution is -1.90. The van der Waals surface area contributed by atoms with Gasteiger partial charge in [-0.15, -0.1) is 0 Å². The van der Waals surface area contributed by atoms with Gasteiger partial charge >= 0.3 is 0 Å². The van der Waals surface area contributed by atoms with Crippen molar-refractivity contribution in [2.24, 2.45) is 0 Å². The van der Waals surface area contributed by atoms with E-state index in [1.165, 1.54) is 0 Å². The smallest absolute Gasteiger partial charge is 0.127 e. The third kappa shape index (κ3) is 2.07. The number of hydrogen-bond donors (Lipinski definition) is 0. The highest BCUT2D eigenvalue weighted by molar-refractivity contribution is 5.70. The molecule has 0 aliphatic rings. The molecule has 0 amide bonds. The lowest BCUT2D eigenvalue weighted by Gasteiger charge is -2.09. The zero-order valence-electron chi connectivity index (χ0n) is 9.14. The van der Waals surface area contributed by atoms with E-state index in [9.17, 15) is 5.11 Å². The quantitative estimate of drug-likeness (QED) is 0.769. The van der Waals surface area contributed by atoms with E-state index in [1.54, 1.807) is 13.2 Å². The Morgan fingerprint density at radius 1 is 1.06 bits per heavy atom. The molecule has 2 rings (SSSR count). The monoisotopic (exact) mass is 213 g/mol. The predicted octanol–water partition coefficient (Wildman–Crippen LogP) is 3.29. The van der Waals surface area contributed by atoms with Crippen LogP contribution in [0.5, 0.6) is 5.75 Å². The lowest BCUT2D eigenvalue weighted by molar-refractivity contribution is 0.177. The fourth-order valence-electron chi connectivity index (χ4n) is 1.68. The molecular weight excluding hydrogens is 200 g/mol. The number of hydrogen-bond acceptors (Lipinski definition) is 1.